The molecular formula is C18H24N2S. The SMILES string of the molecule is C#C[C@H]1CN2CC[C@@H]1C[C@H]2CNCc1ccc(SC)cc1. The number of nitrogens with zero attached hydrogens (tertiary/aromatic N) is 1. The molecule has 3 heterocycles. The molecule has 3 aliphatic heterocycles. The molecule has 3 aliphatic rings. The lowest BCUT2D eigenvalue weighted by Gasteiger charge is -2.48. The van der Waals surface area contributed by atoms with Crippen LogP contribution in [-0.2, 0) is 6.54 Å². The summed E-state index contributed by atoms with van der Waals surface area (Å²) in [5.41, 5.74) is 1.37. The molecule has 3 heteroatoms. The van der Waals surface area contributed by atoms with E-state index in [0.717, 1.165) is 25.6 Å². The van der Waals surface area contributed by atoms with Gasteiger partial charge >= 0.3 is 0 Å². The maximum absolute atomic E-state index is 5.64. The molecule has 0 spiro atoms. The predicted octanol–water partition coefficient (Wildman–Crippen LogP) is 2.84. The minimum Gasteiger partial charge on any atom is -0.311 e. The summed E-state index contributed by atoms with van der Waals surface area (Å²) < 4.78 is 0. The Morgan fingerprint density at radius 3 is 2.81 bits per heavy atom. The molecule has 1 unspecified atom stereocenters. The topological polar surface area (TPSA) is 15.3 Å². The van der Waals surface area contributed by atoms with Gasteiger partial charge in [0.25, 0.3) is 0 Å². The van der Waals surface area contributed by atoms with Crippen LogP contribution in [0.4, 0.5) is 0 Å². The summed E-state index contributed by atoms with van der Waals surface area (Å²) in [6.45, 7) is 4.38. The second-order valence-corrected chi connectivity index (χ2v) is 7.07. The molecule has 4 atom stereocenters. The summed E-state index contributed by atoms with van der Waals surface area (Å²) in [7, 11) is 0. The van der Waals surface area contributed by atoms with Crippen molar-refractivity contribution in [3.63, 3.8) is 0 Å². The lowest BCUT2D eigenvalue weighted by atomic mass is 9.76. The summed E-state index contributed by atoms with van der Waals surface area (Å²) in [5, 5.41) is 3.63. The van der Waals surface area contributed by atoms with E-state index in [9.17, 15) is 0 Å². The van der Waals surface area contributed by atoms with Gasteiger partial charge in [-0.3, -0.25) is 4.90 Å². The highest BCUT2D eigenvalue weighted by Crippen LogP contribution is 2.35. The van der Waals surface area contributed by atoms with Gasteiger partial charge in [0.1, 0.15) is 0 Å². The molecule has 21 heavy (non-hydrogen) atoms. The first-order valence-electron chi connectivity index (χ1n) is 7.84. The molecule has 1 aromatic rings. The maximum atomic E-state index is 5.64. The third kappa shape index (κ3) is 3.45. The number of hydrogen-bond acceptors (Lipinski definition) is 3. The molecule has 0 aliphatic carbocycles. The van der Waals surface area contributed by atoms with E-state index in [1.165, 1.54) is 29.8 Å². The quantitative estimate of drug-likeness (QED) is 0.665. The zero-order valence-corrected chi connectivity index (χ0v) is 13.5. The first-order chi connectivity index (χ1) is 10.3. The highest BCUT2D eigenvalue weighted by molar-refractivity contribution is 7.98. The summed E-state index contributed by atoms with van der Waals surface area (Å²) in [6, 6.07) is 9.52. The third-order valence-electron chi connectivity index (χ3n) is 4.96. The molecular weight excluding hydrogens is 276 g/mol. The van der Waals surface area contributed by atoms with Gasteiger partial charge in [-0.15, -0.1) is 24.1 Å². The average molecular weight is 300 g/mol. The van der Waals surface area contributed by atoms with Gasteiger partial charge in [0.05, 0.1) is 0 Å². The Morgan fingerprint density at radius 1 is 1.38 bits per heavy atom. The summed E-state index contributed by atoms with van der Waals surface area (Å²) >= 11 is 1.79. The van der Waals surface area contributed by atoms with E-state index >= 15 is 0 Å². The largest absolute Gasteiger partial charge is 0.311 e. The first kappa shape index (κ1) is 15.0. The Morgan fingerprint density at radius 2 is 2.19 bits per heavy atom. The van der Waals surface area contributed by atoms with E-state index < -0.39 is 0 Å². The molecule has 0 aromatic heterocycles. The van der Waals surface area contributed by atoms with Crippen molar-refractivity contribution in [1.82, 2.24) is 10.2 Å². The number of piperidine rings is 3. The first-order valence-corrected chi connectivity index (χ1v) is 9.06. The Labute approximate surface area is 132 Å². The summed E-state index contributed by atoms with van der Waals surface area (Å²) in [5.74, 6) is 4.24. The third-order valence-corrected chi connectivity index (χ3v) is 5.70. The molecule has 3 saturated heterocycles. The lowest BCUT2D eigenvalue weighted by molar-refractivity contribution is 0.0227. The van der Waals surface area contributed by atoms with Crippen LogP contribution < -0.4 is 5.32 Å². The van der Waals surface area contributed by atoms with E-state index in [1.807, 2.05) is 0 Å². The van der Waals surface area contributed by atoms with Crippen molar-refractivity contribution >= 4 is 11.8 Å². The van der Waals surface area contributed by atoms with Gasteiger partial charge in [0.2, 0.25) is 0 Å². The number of thioether (sulfide) groups is 1. The van der Waals surface area contributed by atoms with Crippen molar-refractivity contribution in [3.05, 3.63) is 29.8 Å². The van der Waals surface area contributed by atoms with Crippen molar-refractivity contribution in [2.75, 3.05) is 25.9 Å². The Bertz CT molecular complexity index is 505. The van der Waals surface area contributed by atoms with Crippen molar-refractivity contribution in [2.45, 2.75) is 30.3 Å². The summed E-state index contributed by atoms with van der Waals surface area (Å²) in [6.07, 6.45) is 10.3. The van der Waals surface area contributed by atoms with Crippen LogP contribution in [0.5, 0.6) is 0 Å². The van der Waals surface area contributed by atoms with Gasteiger partial charge in [-0.1, -0.05) is 12.1 Å². The lowest BCUT2D eigenvalue weighted by Crippen LogP contribution is -2.55. The van der Waals surface area contributed by atoms with Gasteiger partial charge in [-0.05, 0) is 49.3 Å². The number of terminal acetylenes is 1. The zero-order valence-electron chi connectivity index (χ0n) is 12.7. The number of nitrogens with one attached hydrogen (secondary N) is 1. The molecule has 112 valence electrons. The van der Waals surface area contributed by atoms with Gasteiger partial charge < -0.3 is 5.32 Å². The summed E-state index contributed by atoms with van der Waals surface area (Å²) in [4.78, 5) is 3.92. The fraction of sp³-hybridized carbons (Fsp3) is 0.556. The van der Waals surface area contributed by atoms with Crippen LogP contribution in [0, 0.1) is 24.2 Å². The number of benzene rings is 1. The van der Waals surface area contributed by atoms with Gasteiger partial charge in [-0.25, -0.2) is 0 Å². The number of hydrogen-bond donors (Lipinski definition) is 1. The average Bonchev–Trinajstić information content (AvgIpc) is 2.56. The molecule has 0 amide bonds. The molecule has 1 N–H and O–H groups in total. The monoisotopic (exact) mass is 300 g/mol. The second-order valence-electron chi connectivity index (χ2n) is 6.19. The van der Waals surface area contributed by atoms with E-state index in [4.69, 9.17) is 6.42 Å². The van der Waals surface area contributed by atoms with E-state index in [1.54, 1.807) is 11.8 Å². The highest BCUT2D eigenvalue weighted by atomic mass is 32.2. The molecule has 2 bridgehead atoms. The van der Waals surface area contributed by atoms with E-state index in [2.05, 4.69) is 46.7 Å². The Hall–Kier alpha value is -0.950. The van der Waals surface area contributed by atoms with Crippen LogP contribution in [0.15, 0.2) is 29.2 Å². The fourth-order valence-electron chi connectivity index (χ4n) is 3.67. The van der Waals surface area contributed by atoms with Crippen LogP contribution in [0.1, 0.15) is 18.4 Å². The number of fused-ring (bicyclic) bond motifs is 3. The molecule has 1 aromatic carbocycles. The predicted molar refractivity (Wildman–Crippen MR) is 90.3 cm³/mol. The fourth-order valence-corrected chi connectivity index (χ4v) is 4.07. The van der Waals surface area contributed by atoms with Gasteiger partial charge in [0, 0.05) is 36.5 Å². The molecule has 0 saturated carbocycles. The Kier molecular flexibility index (Phi) is 4.90. The molecule has 4 rings (SSSR count). The molecule has 0 radical (unpaired) electrons. The Balaban J connectivity index is 1.47. The van der Waals surface area contributed by atoms with Gasteiger partial charge in [-0.2, -0.15) is 0 Å². The van der Waals surface area contributed by atoms with E-state index in [0.29, 0.717) is 12.0 Å². The standard InChI is InChI=1S/C18H24N2S/c1-3-15-13-20-9-8-16(15)10-17(20)12-19-11-14-4-6-18(21-2)7-5-14/h1,4-7,15-17,19H,8-13H2,2H3/t15-,16+,17-/m0/s1. The van der Waals surface area contributed by atoms with Crippen molar-refractivity contribution in [1.29, 1.82) is 0 Å². The molecule has 2 nitrogen and oxygen atoms in total. The van der Waals surface area contributed by atoms with Crippen molar-refractivity contribution < 1.29 is 0 Å². The van der Waals surface area contributed by atoms with Crippen LogP contribution in [0.25, 0.3) is 0 Å². The second kappa shape index (κ2) is 6.87. The van der Waals surface area contributed by atoms with Gasteiger partial charge in [0.15, 0.2) is 0 Å². The van der Waals surface area contributed by atoms with Crippen LogP contribution in [0.2, 0.25) is 0 Å². The molecule has 3 fully saturated rings. The van der Waals surface area contributed by atoms with Crippen molar-refractivity contribution in [3.8, 4) is 12.3 Å². The zero-order chi connectivity index (χ0) is 14.7. The minimum absolute atomic E-state index is 0.495. The highest BCUT2D eigenvalue weighted by Gasteiger charge is 2.38. The smallest absolute Gasteiger partial charge is 0.0356 e. The maximum Gasteiger partial charge on any atom is 0.0356 e. The van der Waals surface area contributed by atoms with Crippen LogP contribution in [-0.4, -0.2) is 36.8 Å². The minimum atomic E-state index is 0.495. The normalized spacial score (nSPS) is 31.0. The van der Waals surface area contributed by atoms with Crippen molar-refractivity contribution in [2.24, 2.45) is 11.8 Å². The number of rotatable bonds is 5. The van der Waals surface area contributed by atoms with Crippen LogP contribution in [0.3, 0.4) is 0 Å². The van der Waals surface area contributed by atoms with E-state index in [-0.39, 0.29) is 0 Å². The van der Waals surface area contributed by atoms with Crippen LogP contribution >= 0.6 is 11.8 Å².